The molecule has 1 atom stereocenters. The first-order valence-corrected chi connectivity index (χ1v) is 5.93. The molecule has 94 valence electrons. The highest BCUT2D eigenvalue weighted by atomic mass is 79.9. The molecule has 0 bridgehead atoms. The Kier molecular flexibility index (Phi) is 4.80. The molecule has 0 saturated heterocycles. The average molecular weight is 312 g/mol. The van der Waals surface area contributed by atoms with Gasteiger partial charge in [-0.05, 0) is 34.5 Å². The summed E-state index contributed by atoms with van der Waals surface area (Å²) in [7, 11) is 0. The summed E-state index contributed by atoms with van der Waals surface area (Å²) in [4.78, 5) is 21.9. The van der Waals surface area contributed by atoms with Crippen LogP contribution in [0.1, 0.15) is 23.7 Å². The first-order chi connectivity index (χ1) is 8.49. The van der Waals surface area contributed by atoms with E-state index in [1.165, 1.54) is 18.2 Å². The molecule has 0 aliphatic rings. The van der Waals surface area contributed by atoms with E-state index in [-0.39, 0.29) is 11.3 Å². The number of rotatable bonds is 4. The standard InChI is InChI=1S/C11H10BrN3O3/c1-2-8(6-13)14-11(16)7-3-4-9(12)10(5-7)15(17)18/h3-5,8H,2H2,1H3,(H,14,16). The third kappa shape index (κ3) is 3.28. The van der Waals surface area contributed by atoms with Crippen LogP contribution >= 0.6 is 15.9 Å². The molecule has 1 rings (SSSR count). The molecule has 1 aromatic carbocycles. The van der Waals surface area contributed by atoms with E-state index < -0.39 is 16.9 Å². The molecule has 0 spiro atoms. The van der Waals surface area contributed by atoms with Crippen LogP contribution in [0.25, 0.3) is 0 Å². The molecule has 0 fully saturated rings. The minimum absolute atomic E-state index is 0.151. The molecule has 0 heterocycles. The third-order valence-corrected chi connectivity index (χ3v) is 2.95. The summed E-state index contributed by atoms with van der Waals surface area (Å²) in [6, 6.07) is 5.38. The predicted octanol–water partition coefficient (Wildman–Crippen LogP) is 2.39. The first kappa shape index (κ1) is 14.1. The van der Waals surface area contributed by atoms with Crippen molar-refractivity contribution >= 4 is 27.5 Å². The van der Waals surface area contributed by atoms with E-state index >= 15 is 0 Å². The van der Waals surface area contributed by atoms with Crippen LogP contribution in [-0.4, -0.2) is 16.9 Å². The maximum Gasteiger partial charge on any atom is 0.284 e. The van der Waals surface area contributed by atoms with Gasteiger partial charge in [0, 0.05) is 11.6 Å². The number of nitrogens with zero attached hydrogens (tertiary/aromatic N) is 2. The number of halogens is 1. The predicted molar refractivity (Wildman–Crippen MR) is 68.0 cm³/mol. The Morgan fingerprint density at radius 2 is 2.33 bits per heavy atom. The second-order valence-corrected chi connectivity index (χ2v) is 4.34. The Morgan fingerprint density at radius 3 is 2.83 bits per heavy atom. The molecule has 0 aromatic heterocycles. The zero-order valence-corrected chi connectivity index (χ0v) is 11.1. The van der Waals surface area contributed by atoms with Gasteiger partial charge in [-0.3, -0.25) is 14.9 Å². The van der Waals surface area contributed by atoms with Crippen molar-refractivity contribution in [2.24, 2.45) is 0 Å². The zero-order valence-electron chi connectivity index (χ0n) is 9.51. The monoisotopic (exact) mass is 311 g/mol. The fraction of sp³-hybridized carbons (Fsp3) is 0.273. The number of amides is 1. The molecule has 1 N–H and O–H groups in total. The Labute approximate surface area is 112 Å². The number of hydrogen-bond donors (Lipinski definition) is 1. The number of carbonyl (C=O) groups is 1. The highest BCUT2D eigenvalue weighted by Gasteiger charge is 2.17. The molecule has 1 aromatic rings. The quantitative estimate of drug-likeness (QED) is 0.682. The number of carbonyl (C=O) groups excluding carboxylic acids is 1. The topological polar surface area (TPSA) is 96.0 Å². The van der Waals surface area contributed by atoms with Crippen LogP contribution in [-0.2, 0) is 0 Å². The summed E-state index contributed by atoms with van der Waals surface area (Å²) in [5.74, 6) is -0.501. The van der Waals surface area contributed by atoms with Gasteiger partial charge in [-0.2, -0.15) is 5.26 Å². The van der Waals surface area contributed by atoms with Crippen molar-refractivity contribution in [1.29, 1.82) is 5.26 Å². The van der Waals surface area contributed by atoms with Crippen molar-refractivity contribution < 1.29 is 9.72 Å². The lowest BCUT2D eigenvalue weighted by Gasteiger charge is -2.09. The van der Waals surface area contributed by atoms with Gasteiger partial charge in [0.2, 0.25) is 0 Å². The van der Waals surface area contributed by atoms with Gasteiger partial charge in [-0.1, -0.05) is 6.92 Å². The van der Waals surface area contributed by atoms with Crippen molar-refractivity contribution in [2.75, 3.05) is 0 Å². The van der Waals surface area contributed by atoms with Crippen LogP contribution in [0.4, 0.5) is 5.69 Å². The lowest BCUT2D eigenvalue weighted by molar-refractivity contribution is -0.385. The van der Waals surface area contributed by atoms with E-state index in [0.29, 0.717) is 10.9 Å². The van der Waals surface area contributed by atoms with Gasteiger partial charge >= 0.3 is 0 Å². The second-order valence-electron chi connectivity index (χ2n) is 3.49. The fourth-order valence-electron chi connectivity index (χ4n) is 1.26. The Bertz CT molecular complexity index is 525. The SMILES string of the molecule is CCC(C#N)NC(=O)c1ccc(Br)c([N+](=O)[O-])c1. The fourth-order valence-corrected chi connectivity index (χ4v) is 1.65. The van der Waals surface area contributed by atoms with E-state index in [0.717, 1.165) is 0 Å². The van der Waals surface area contributed by atoms with E-state index in [1.807, 2.05) is 6.07 Å². The molecule has 18 heavy (non-hydrogen) atoms. The smallest absolute Gasteiger partial charge is 0.284 e. The zero-order chi connectivity index (χ0) is 13.7. The molecule has 1 unspecified atom stereocenters. The third-order valence-electron chi connectivity index (χ3n) is 2.27. The Morgan fingerprint density at radius 1 is 1.67 bits per heavy atom. The van der Waals surface area contributed by atoms with Gasteiger partial charge in [0.05, 0.1) is 15.5 Å². The summed E-state index contributed by atoms with van der Waals surface area (Å²) >= 11 is 3.03. The Hall–Kier alpha value is -1.94. The average Bonchev–Trinajstić information content (AvgIpc) is 2.35. The van der Waals surface area contributed by atoms with Crippen LogP contribution < -0.4 is 5.32 Å². The van der Waals surface area contributed by atoms with Gasteiger partial charge in [-0.25, -0.2) is 0 Å². The van der Waals surface area contributed by atoms with Crippen molar-refractivity contribution in [3.05, 3.63) is 38.3 Å². The van der Waals surface area contributed by atoms with Gasteiger partial charge in [0.1, 0.15) is 6.04 Å². The van der Waals surface area contributed by atoms with Crippen molar-refractivity contribution in [3.8, 4) is 6.07 Å². The highest BCUT2D eigenvalue weighted by Crippen LogP contribution is 2.25. The second kappa shape index (κ2) is 6.12. The molecule has 0 aliphatic carbocycles. The van der Waals surface area contributed by atoms with Crippen molar-refractivity contribution in [3.63, 3.8) is 0 Å². The van der Waals surface area contributed by atoms with Crippen molar-refractivity contribution in [2.45, 2.75) is 19.4 Å². The highest BCUT2D eigenvalue weighted by molar-refractivity contribution is 9.10. The number of benzene rings is 1. The summed E-state index contributed by atoms with van der Waals surface area (Å²) in [6.45, 7) is 1.76. The lowest BCUT2D eigenvalue weighted by Crippen LogP contribution is -2.33. The van der Waals surface area contributed by atoms with E-state index in [2.05, 4.69) is 21.2 Å². The molecular weight excluding hydrogens is 302 g/mol. The normalized spacial score (nSPS) is 11.4. The van der Waals surface area contributed by atoms with Crippen molar-refractivity contribution in [1.82, 2.24) is 5.32 Å². The minimum Gasteiger partial charge on any atom is -0.336 e. The number of nitrogens with one attached hydrogen (secondary N) is 1. The molecule has 0 saturated carbocycles. The van der Waals surface area contributed by atoms with Gasteiger partial charge in [0.25, 0.3) is 11.6 Å². The molecule has 1 amide bonds. The number of nitriles is 1. The van der Waals surface area contributed by atoms with Crippen LogP contribution in [0.2, 0.25) is 0 Å². The number of nitro groups is 1. The summed E-state index contributed by atoms with van der Waals surface area (Å²) < 4.78 is 0.302. The number of nitro benzene ring substituents is 1. The summed E-state index contributed by atoms with van der Waals surface area (Å²) in [5.41, 5.74) is -0.0359. The number of hydrogen-bond acceptors (Lipinski definition) is 4. The molecule has 6 nitrogen and oxygen atoms in total. The van der Waals surface area contributed by atoms with Gasteiger partial charge in [-0.15, -0.1) is 0 Å². The molecule has 7 heteroatoms. The van der Waals surface area contributed by atoms with Crippen LogP contribution in [0.5, 0.6) is 0 Å². The lowest BCUT2D eigenvalue weighted by atomic mass is 10.1. The summed E-state index contributed by atoms with van der Waals surface area (Å²) in [6.07, 6.45) is 0.473. The maximum absolute atomic E-state index is 11.8. The van der Waals surface area contributed by atoms with E-state index in [4.69, 9.17) is 5.26 Å². The van der Waals surface area contributed by atoms with E-state index in [9.17, 15) is 14.9 Å². The molecule has 0 radical (unpaired) electrons. The first-order valence-electron chi connectivity index (χ1n) is 5.14. The van der Waals surface area contributed by atoms with E-state index in [1.54, 1.807) is 6.92 Å². The Balaban J connectivity index is 2.97. The minimum atomic E-state index is -0.597. The summed E-state index contributed by atoms with van der Waals surface area (Å²) in [5, 5.41) is 21.9. The molecule has 0 aliphatic heterocycles. The largest absolute Gasteiger partial charge is 0.336 e. The van der Waals surface area contributed by atoms with Gasteiger partial charge in [0.15, 0.2) is 0 Å². The maximum atomic E-state index is 11.8. The van der Waals surface area contributed by atoms with Crippen LogP contribution in [0.15, 0.2) is 22.7 Å². The van der Waals surface area contributed by atoms with Gasteiger partial charge < -0.3 is 5.32 Å². The van der Waals surface area contributed by atoms with Crippen LogP contribution in [0, 0.1) is 21.4 Å². The van der Waals surface area contributed by atoms with Crippen LogP contribution in [0.3, 0.4) is 0 Å². The molecular formula is C11H10BrN3O3.